The lowest BCUT2D eigenvalue weighted by Gasteiger charge is -2.09. The number of unbranched alkanes of at least 4 members (excludes halogenated alkanes) is 15. The van der Waals surface area contributed by atoms with Gasteiger partial charge in [0.2, 0.25) is 5.91 Å². The smallest absolute Gasteiger partial charge is 0.324 e. The van der Waals surface area contributed by atoms with Crippen LogP contribution in [0.4, 0.5) is 0 Å². The van der Waals surface area contributed by atoms with E-state index in [9.17, 15) is 18.0 Å². The SMILES string of the molecule is CCCCCCCCCCCCCCCCCCNC(=O)C[C@@H](C(=O)O)S(=O)(=O)O. The third-order valence-electron chi connectivity index (χ3n) is 5.36. The summed E-state index contributed by atoms with van der Waals surface area (Å²) in [6.45, 7) is 2.63. The van der Waals surface area contributed by atoms with Crippen LogP contribution in [0.1, 0.15) is 116 Å². The zero-order chi connectivity index (χ0) is 22.7. The predicted octanol–water partition coefficient (Wildman–Crippen LogP) is 5.10. The molecule has 0 aliphatic carbocycles. The zero-order valence-corrected chi connectivity index (χ0v) is 19.6. The largest absolute Gasteiger partial charge is 0.480 e. The van der Waals surface area contributed by atoms with E-state index in [1.165, 1.54) is 83.5 Å². The van der Waals surface area contributed by atoms with E-state index in [0.717, 1.165) is 19.3 Å². The summed E-state index contributed by atoms with van der Waals surface area (Å²) in [6, 6.07) is 0. The van der Waals surface area contributed by atoms with Crippen molar-refractivity contribution in [1.82, 2.24) is 5.32 Å². The average molecular weight is 450 g/mol. The summed E-state index contributed by atoms with van der Waals surface area (Å²) in [7, 11) is -4.78. The van der Waals surface area contributed by atoms with E-state index in [4.69, 9.17) is 9.66 Å². The van der Waals surface area contributed by atoms with Crippen molar-refractivity contribution in [2.75, 3.05) is 6.54 Å². The summed E-state index contributed by atoms with van der Waals surface area (Å²) in [4.78, 5) is 22.4. The Morgan fingerprint density at radius 3 is 1.43 bits per heavy atom. The number of aliphatic carboxylic acids is 1. The van der Waals surface area contributed by atoms with Crippen LogP contribution in [0.5, 0.6) is 0 Å². The van der Waals surface area contributed by atoms with Crippen molar-refractivity contribution < 1.29 is 27.7 Å². The number of rotatable bonds is 21. The molecule has 0 saturated carbocycles. The molecule has 0 fully saturated rings. The molecule has 3 N–H and O–H groups in total. The van der Waals surface area contributed by atoms with Crippen molar-refractivity contribution in [2.24, 2.45) is 0 Å². The molecule has 8 heteroatoms. The van der Waals surface area contributed by atoms with Gasteiger partial charge < -0.3 is 10.4 Å². The summed E-state index contributed by atoms with van der Waals surface area (Å²) in [5, 5.41) is 9.16. The number of carbonyl (C=O) groups excluding carboxylic acids is 1. The van der Waals surface area contributed by atoms with Crippen LogP contribution in [0.2, 0.25) is 0 Å². The van der Waals surface area contributed by atoms with Gasteiger partial charge in [0.1, 0.15) is 0 Å². The van der Waals surface area contributed by atoms with Crippen molar-refractivity contribution in [3.8, 4) is 0 Å². The van der Waals surface area contributed by atoms with E-state index < -0.39 is 33.7 Å². The molecule has 0 saturated heterocycles. The number of hydrogen-bond donors (Lipinski definition) is 3. The first-order chi connectivity index (χ1) is 14.3. The molecule has 0 aromatic carbocycles. The minimum Gasteiger partial charge on any atom is -0.480 e. The normalized spacial score (nSPS) is 12.6. The molecule has 0 aliphatic rings. The van der Waals surface area contributed by atoms with E-state index in [2.05, 4.69) is 12.2 Å². The number of hydrogen-bond acceptors (Lipinski definition) is 4. The van der Waals surface area contributed by atoms with Gasteiger partial charge in [0.15, 0.2) is 5.25 Å². The molecule has 0 aromatic rings. The Morgan fingerprint density at radius 2 is 1.10 bits per heavy atom. The highest BCUT2D eigenvalue weighted by Gasteiger charge is 2.33. The molecular formula is C22H43NO6S. The number of carbonyl (C=O) groups is 2. The fourth-order valence-corrected chi connectivity index (χ4v) is 4.08. The minimum absolute atomic E-state index is 0.384. The van der Waals surface area contributed by atoms with Gasteiger partial charge in [-0.3, -0.25) is 14.1 Å². The van der Waals surface area contributed by atoms with E-state index in [-0.39, 0.29) is 0 Å². The van der Waals surface area contributed by atoms with Crippen molar-refractivity contribution in [1.29, 1.82) is 0 Å². The second-order valence-electron chi connectivity index (χ2n) is 8.20. The lowest BCUT2D eigenvalue weighted by atomic mass is 10.0. The Morgan fingerprint density at radius 1 is 0.733 bits per heavy atom. The Hall–Kier alpha value is -1.15. The summed E-state index contributed by atoms with van der Waals surface area (Å²) >= 11 is 0. The molecule has 178 valence electrons. The zero-order valence-electron chi connectivity index (χ0n) is 18.7. The van der Waals surface area contributed by atoms with Gasteiger partial charge in [0.05, 0.1) is 6.42 Å². The molecule has 1 amide bonds. The summed E-state index contributed by atoms with van der Waals surface area (Å²) in [5.41, 5.74) is 0. The van der Waals surface area contributed by atoms with Crippen LogP contribution in [-0.2, 0) is 19.7 Å². The molecule has 1 atom stereocenters. The van der Waals surface area contributed by atoms with Gasteiger partial charge in [0, 0.05) is 6.54 Å². The third-order valence-corrected chi connectivity index (χ3v) is 6.45. The number of carboxylic acids is 1. The quantitative estimate of drug-likeness (QED) is 0.166. The minimum atomic E-state index is -4.78. The number of carboxylic acid groups (broad SMARTS) is 1. The number of nitrogens with one attached hydrogen (secondary N) is 1. The van der Waals surface area contributed by atoms with Gasteiger partial charge in [-0.15, -0.1) is 0 Å². The molecule has 0 aromatic heterocycles. The highest BCUT2D eigenvalue weighted by Crippen LogP contribution is 2.13. The first kappa shape index (κ1) is 28.9. The monoisotopic (exact) mass is 449 g/mol. The first-order valence-corrected chi connectivity index (χ1v) is 13.2. The van der Waals surface area contributed by atoms with Crippen LogP contribution >= 0.6 is 0 Å². The molecule has 0 spiro atoms. The molecule has 30 heavy (non-hydrogen) atoms. The Bertz CT molecular complexity index is 550. The Labute approximate surface area is 183 Å². The van der Waals surface area contributed by atoms with Crippen LogP contribution < -0.4 is 5.32 Å². The van der Waals surface area contributed by atoms with Gasteiger partial charge in [-0.2, -0.15) is 8.42 Å². The molecule has 0 bridgehead atoms. The van der Waals surface area contributed by atoms with Gasteiger partial charge in [-0.25, -0.2) is 0 Å². The Balaban J connectivity index is 3.42. The van der Waals surface area contributed by atoms with Crippen molar-refractivity contribution in [3.63, 3.8) is 0 Å². The number of amides is 1. The van der Waals surface area contributed by atoms with Gasteiger partial charge in [-0.1, -0.05) is 103 Å². The Kier molecular flexibility index (Phi) is 17.9. The molecule has 0 heterocycles. The molecule has 7 nitrogen and oxygen atoms in total. The fourth-order valence-electron chi connectivity index (χ4n) is 3.46. The molecule has 0 aliphatic heterocycles. The maximum absolute atomic E-state index is 11.6. The third kappa shape index (κ3) is 17.7. The second kappa shape index (κ2) is 18.6. The van der Waals surface area contributed by atoms with Gasteiger partial charge in [-0.05, 0) is 6.42 Å². The average Bonchev–Trinajstić information content (AvgIpc) is 2.67. The lowest BCUT2D eigenvalue weighted by molar-refractivity contribution is -0.138. The summed E-state index contributed by atoms with van der Waals surface area (Å²) in [5.74, 6) is -2.41. The second-order valence-corrected chi connectivity index (χ2v) is 9.80. The predicted molar refractivity (Wildman–Crippen MR) is 120 cm³/mol. The van der Waals surface area contributed by atoms with E-state index in [0.29, 0.717) is 6.54 Å². The molecule has 0 radical (unpaired) electrons. The summed E-state index contributed by atoms with van der Waals surface area (Å²) in [6.07, 6.45) is 19.4. The van der Waals surface area contributed by atoms with Crippen LogP contribution in [0.15, 0.2) is 0 Å². The maximum atomic E-state index is 11.6. The highest BCUT2D eigenvalue weighted by atomic mass is 32.2. The van der Waals surface area contributed by atoms with Crippen molar-refractivity contribution >= 4 is 22.0 Å². The van der Waals surface area contributed by atoms with Crippen molar-refractivity contribution in [2.45, 2.75) is 121 Å². The highest BCUT2D eigenvalue weighted by molar-refractivity contribution is 7.87. The van der Waals surface area contributed by atoms with Crippen LogP contribution in [0.25, 0.3) is 0 Å². The van der Waals surface area contributed by atoms with Crippen molar-refractivity contribution in [3.05, 3.63) is 0 Å². The molecular weight excluding hydrogens is 406 g/mol. The van der Waals surface area contributed by atoms with E-state index in [1.54, 1.807) is 0 Å². The lowest BCUT2D eigenvalue weighted by Crippen LogP contribution is -2.36. The maximum Gasteiger partial charge on any atom is 0.324 e. The fraction of sp³-hybridized carbons (Fsp3) is 0.909. The van der Waals surface area contributed by atoms with Crippen LogP contribution in [-0.4, -0.2) is 41.7 Å². The topological polar surface area (TPSA) is 121 Å². The van der Waals surface area contributed by atoms with Gasteiger partial charge >= 0.3 is 5.97 Å². The van der Waals surface area contributed by atoms with Crippen LogP contribution in [0, 0.1) is 0 Å². The molecule has 0 unspecified atom stereocenters. The standard InChI is InChI=1S/C22H43NO6S/c1-2-3-4-5-6-7-8-9-10-11-12-13-14-15-16-17-18-23-21(24)19-20(22(25)26)30(27,28)29/h20H,2-19H2,1H3,(H,23,24)(H,25,26)(H,27,28,29)/t20-/m0/s1. The summed E-state index contributed by atoms with van der Waals surface area (Å²) < 4.78 is 30.7. The molecule has 0 rings (SSSR count). The van der Waals surface area contributed by atoms with Crippen LogP contribution in [0.3, 0.4) is 0 Å². The first-order valence-electron chi connectivity index (χ1n) is 11.7. The van der Waals surface area contributed by atoms with E-state index >= 15 is 0 Å². The van der Waals surface area contributed by atoms with E-state index in [1.807, 2.05) is 0 Å². The van der Waals surface area contributed by atoms with Gasteiger partial charge in [0.25, 0.3) is 10.1 Å².